The lowest BCUT2D eigenvalue weighted by Crippen LogP contribution is -2.36. The molecule has 0 heterocycles. The van der Waals surface area contributed by atoms with E-state index >= 15 is 0 Å². The molecule has 100 valence electrons. The summed E-state index contributed by atoms with van der Waals surface area (Å²) >= 11 is 0. The summed E-state index contributed by atoms with van der Waals surface area (Å²) in [7, 11) is 3.36. The minimum absolute atomic E-state index is 0.242. The highest BCUT2D eigenvalue weighted by molar-refractivity contribution is 5.44. The van der Waals surface area contributed by atoms with Gasteiger partial charge in [-0.3, -0.25) is 0 Å². The van der Waals surface area contributed by atoms with Crippen molar-refractivity contribution in [3.63, 3.8) is 0 Å². The SMILES string of the molecule is COc1ccc(C2(N)CCCCCC2)c(OC)c1. The van der Waals surface area contributed by atoms with Crippen LogP contribution in [0.25, 0.3) is 0 Å². The fraction of sp³-hybridized carbons (Fsp3) is 0.600. The van der Waals surface area contributed by atoms with Crippen LogP contribution < -0.4 is 15.2 Å². The molecule has 0 saturated heterocycles. The average molecular weight is 249 g/mol. The minimum atomic E-state index is -0.242. The summed E-state index contributed by atoms with van der Waals surface area (Å²) in [6.45, 7) is 0. The zero-order valence-electron chi connectivity index (χ0n) is 11.4. The normalized spacial score (nSPS) is 19.1. The van der Waals surface area contributed by atoms with E-state index in [-0.39, 0.29) is 5.54 Å². The Labute approximate surface area is 109 Å². The first-order valence-electron chi connectivity index (χ1n) is 6.71. The van der Waals surface area contributed by atoms with Gasteiger partial charge in [-0.1, -0.05) is 25.7 Å². The van der Waals surface area contributed by atoms with E-state index in [9.17, 15) is 0 Å². The maximum absolute atomic E-state index is 6.63. The van der Waals surface area contributed by atoms with Gasteiger partial charge >= 0.3 is 0 Å². The fourth-order valence-electron chi connectivity index (χ4n) is 2.84. The number of ether oxygens (including phenoxy) is 2. The molecule has 1 aliphatic rings. The first kappa shape index (κ1) is 13.2. The van der Waals surface area contributed by atoms with Crippen molar-refractivity contribution in [3.05, 3.63) is 23.8 Å². The molecule has 0 atom stereocenters. The molecule has 1 fully saturated rings. The summed E-state index contributed by atoms with van der Waals surface area (Å²) in [4.78, 5) is 0. The molecule has 0 radical (unpaired) electrons. The Hall–Kier alpha value is -1.22. The van der Waals surface area contributed by atoms with E-state index < -0.39 is 0 Å². The summed E-state index contributed by atoms with van der Waals surface area (Å²) in [6, 6.07) is 5.95. The molecule has 0 spiro atoms. The van der Waals surface area contributed by atoms with E-state index in [0.29, 0.717) is 0 Å². The fourth-order valence-corrected chi connectivity index (χ4v) is 2.84. The zero-order chi connectivity index (χ0) is 13.0. The van der Waals surface area contributed by atoms with E-state index in [0.717, 1.165) is 29.9 Å². The van der Waals surface area contributed by atoms with Gasteiger partial charge in [-0.2, -0.15) is 0 Å². The van der Waals surface area contributed by atoms with E-state index in [1.807, 2.05) is 12.1 Å². The van der Waals surface area contributed by atoms with Crippen LogP contribution in [0, 0.1) is 0 Å². The van der Waals surface area contributed by atoms with E-state index in [1.165, 1.54) is 25.7 Å². The average Bonchev–Trinajstić information content (AvgIpc) is 2.63. The lowest BCUT2D eigenvalue weighted by atomic mass is 9.83. The molecule has 0 amide bonds. The summed E-state index contributed by atoms with van der Waals surface area (Å²) in [5, 5.41) is 0. The standard InChI is InChI=1S/C15H23NO2/c1-17-12-7-8-13(14(11-12)18-2)15(16)9-5-3-4-6-10-15/h7-8,11H,3-6,9-10,16H2,1-2H3. The lowest BCUT2D eigenvalue weighted by molar-refractivity contribution is 0.344. The van der Waals surface area contributed by atoms with E-state index in [4.69, 9.17) is 15.2 Å². The van der Waals surface area contributed by atoms with E-state index in [1.54, 1.807) is 14.2 Å². The molecule has 2 rings (SSSR count). The third-order valence-corrected chi connectivity index (χ3v) is 3.94. The van der Waals surface area contributed by atoms with Gasteiger partial charge < -0.3 is 15.2 Å². The molecular formula is C15H23NO2. The van der Waals surface area contributed by atoms with Gasteiger partial charge in [-0.15, -0.1) is 0 Å². The van der Waals surface area contributed by atoms with Gasteiger partial charge in [0.2, 0.25) is 0 Å². The lowest BCUT2D eigenvalue weighted by Gasteiger charge is -2.30. The number of nitrogens with two attached hydrogens (primary N) is 1. The largest absolute Gasteiger partial charge is 0.497 e. The first-order chi connectivity index (χ1) is 8.69. The number of hydrogen-bond acceptors (Lipinski definition) is 3. The minimum Gasteiger partial charge on any atom is -0.497 e. The van der Waals surface area contributed by atoms with Gasteiger partial charge in [0, 0.05) is 17.2 Å². The maximum atomic E-state index is 6.63. The van der Waals surface area contributed by atoms with Crippen molar-refractivity contribution in [1.29, 1.82) is 0 Å². The van der Waals surface area contributed by atoms with Crippen LogP contribution in [-0.4, -0.2) is 14.2 Å². The quantitative estimate of drug-likeness (QED) is 0.837. The van der Waals surface area contributed by atoms with Gasteiger partial charge in [0.25, 0.3) is 0 Å². The van der Waals surface area contributed by atoms with Gasteiger partial charge in [0.15, 0.2) is 0 Å². The highest BCUT2D eigenvalue weighted by Crippen LogP contribution is 2.39. The molecule has 3 nitrogen and oxygen atoms in total. The highest BCUT2D eigenvalue weighted by Gasteiger charge is 2.31. The molecule has 0 aromatic heterocycles. The molecule has 1 aromatic rings. The maximum Gasteiger partial charge on any atom is 0.127 e. The van der Waals surface area contributed by atoms with Crippen molar-refractivity contribution in [2.45, 2.75) is 44.1 Å². The Morgan fingerprint density at radius 3 is 2.22 bits per heavy atom. The summed E-state index contributed by atoms with van der Waals surface area (Å²) in [5.74, 6) is 1.66. The first-order valence-corrected chi connectivity index (χ1v) is 6.71. The van der Waals surface area contributed by atoms with Crippen LogP contribution in [0.2, 0.25) is 0 Å². The Morgan fingerprint density at radius 2 is 1.67 bits per heavy atom. The second-order valence-electron chi connectivity index (χ2n) is 5.14. The van der Waals surface area contributed by atoms with Crippen LogP contribution in [0.15, 0.2) is 18.2 Å². The zero-order valence-corrected chi connectivity index (χ0v) is 11.4. The van der Waals surface area contributed by atoms with Crippen LogP contribution in [0.4, 0.5) is 0 Å². The molecule has 1 aromatic carbocycles. The molecule has 0 aliphatic heterocycles. The Bertz CT molecular complexity index is 395. The molecule has 0 unspecified atom stereocenters. The van der Waals surface area contributed by atoms with Crippen LogP contribution in [0.5, 0.6) is 11.5 Å². The van der Waals surface area contributed by atoms with Crippen molar-refractivity contribution >= 4 is 0 Å². The van der Waals surface area contributed by atoms with Crippen molar-refractivity contribution in [3.8, 4) is 11.5 Å². The Morgan fingerprint density at radius 1 is 1.00 bits per heavy atom. The predicted molar refractivity (Wildman–Crippen MR) is 73.1 cm³/mol. The second kappa shape index (κ2) is 5.61. The number of benzene rings is 1. The van der Waals surface area contributed by atoms with Gasteiger partial charge in [0.1, 0.15) is 11.5 Å². The number of rotatable bonds is 3. The topological polar surface area (TPSA) is 44.5 Å². The molecule has 2 N–H and O–H groups in total. The van der Waals surface area contributed by atoms with Crippen LogP contribution >= 0.6 is 0 Å². The van der Waals surface area contributed by atoms with Crippen LogP contribution in [0.1, 0.15) is 44.1 Å². The number of hydrogen-bond donors (Lipinski definition) is 1. The third-order valence-electron chi connectivity index (χ3n) is 3.94. The van der Waals surface area contributed by atoms with Crippen LogP contribution in [0.3, 0.4) is 0 Å². The predicted octanol–water partition coefficient (Wildman–Crippen LogP) is 3.21. The second-order valence-corrected chi connectivity index (χ2v) is 5.14. The number of methoxy groups -OCH3 is 2. The van der Waals surface area contributed by atoms with Gasteiger partial charge in [-0.05, 0) is 25.0 Å². The molecule has 0 bridgehead atoms. The van der Waals surface area contributed by atoms with Gasteiger partial charge in [0.05, 0.1) is 14.2 Å². The summed E-state index contributed by atoms with van der Waals surface area (Å²) in [6.07, 6.45) is 7.05. The molecule has 1 aliphatic carbocycles. The molecule has 18 heavy (non-hydrogen) atoms. The third kappa shape index (κ3) is 2.61. The van der Waals surface area contributed by atoms with Crippen molar-refractivity contribution in [1.82, 2.24) is 0 Å². The Kier molecular flexibility index (Phi) is 4.12. The Balaban J connectivity index is 2.35. The summed E-state index contributed by atoms with van der Waals surface area (Å²) in [5.41, 5.74) is 7.50. The molecular weight excluding hydrogens is 226 g/mol. The monoisotopic (exact) mass is 249 g/mol. The highest BCUT2D eigenvalue weighted by atomic mass is 16.5. The molecule has 1 saturated carbocycles. The van der Waals surface area contributed by atoms with E-state index in [2.05, 4.69) is 6.07 Å². The van der Waals surface area contributed by atoms with Crippen LogP contribution in [-0.2, 0) is 5.54 Å². The van der Waals surface area contributed by atoms with Gasteiger partial charge in [-0.25, -0.2) is 0 Å². The molecule has 3 heteroatoms. The van der Waals surface area contributed by atoms with Crippen molar-refractivity contribution in [2.24, 2.45) is 5.73 Å². The smallest absolute Gasteiger partial charge is 0.127 e. The summed E-state index contributed by atoms with van der Waals surface area (Å²) < 4.78 is 10.7. The van der Waals surface area contributed by atoms with Crippen molar-refractivity contribution < 1.29 is 9.47 Å². The van der Waals surface area contributed by atoms with Crippen molar-refractivity contribution in [2.75, 3.05) is 14.2 Å².